The van der Waals surface area contributed by atoms with Gasteiger partial charge in [-0.25, -0.2) is 0 Å². The van der Waals surface area contributed by atoms with Crippen LogP contribution in [0.4, 0.5) is 39.5 Å². The van der Waals surface area contributed by atoms with Gasteiger partial charge in [-0.2, -0.15) is 39.5 Å². The molecule has 0 N–H and O–H groups in total. The third-order valence-corrected chi connectivity index (χ3v) is 4.99. The Morgan fingerprint density at radius 1 is 0.600 bits per heavy atom. The summed E-state index contributed by atoms with van der Waals surface area (Å²) in [5, 5.41) is 0. The molecule has 0 atom stereocenters. The average Bonchev–Trinajstić information content (AvgIpc) is 2.72. The monoisotopic (exact) mass is 534 g/mol. The Bertz CT molecular complexity index is 720. The van der Waals surface area contributed by atoms with Crippen LogP contribution in [0.15, 0.2) is 0 Å². The summed E-state index contributed by atoms with van der Waals surface area (Å²) in [5.41, 5.74) is -0.0506. The second kappa shape index (κ2) is 12.7. The molecule has 0 aliphatic heterocycles. The van der Waals surface area contributed by atoms with E-state index in [4.69, 9.17) is 4.74 Å². The van der Waals surface area contributed by atoms with Gasteiger partial charge in [-0.1, -0.05) is 27.2 Å². The van der Waals surface area contributed by atoms with Gasteiger partial charge in [0.25, 0.3) is 0 Å². The van der Waals surface area contributed by atoms with Crippen LogP contribution >= 0.6 is 0 Å². The van der Waals surface area contributed by atoms with E-state index in [1.165, 1.54) is 0 Å². The van der Waals surface area contributed by atoms with E-state index in [9.17, 15) is 53.9 Å². The van der Waals surface area contributed by atoms with Gasteiger partial charge < -0.3 is 14.2 Å². The highest BCUT2D eigenvalue weighted by Gasteiger charge is 2.81. The minimum atomic E-state index is -7.03. The number of hydrogen-bond donors (Lipinski definition) is 0. The minimum Gasteiger partial charge on any atom is -0.465 e. The van der Waals surface area contributed by atoms with Crippen molar-refractivity contribution in [2.24, 2.45) is 5.41 Å². The normalized spacial score (nSPS) is 13.4. The zero-order valence-corrected chi connectivity index (χ0v) is 19.2. The van der Waals surface area contributed by atoms with Gasteiger partial charge in [0, 0.05) is 6.42 Å². The minimum absolute atomic E-state index is 0.0506. The van der Waals surface area contributed by atoms with Crippen LogP contribution in [0.25, 0.3) is 0 Å². The van der Waals surface area contributed by atoms with Gasteiger partial charge in [-0.15, -0.1) is 0 Å². The van der Waals surface area contributed by atoms with Crippen molar-refractivity contribution in [1.82, 2.24) is 0 Å². The van der Waals surface area contributed by atoms with Crippen molar-refractivity contribution in [3.05, 3.63) is 0 Å². The van der Waals surface area contributed by atoms with Crippen LogP contribution in [-0.4, -0.2) is 61.7 Å². The first-order valence-electron chi connectivity index (χ1n) is 10.4. The molecule has 0 aromatic heterocycles. The summed E-state index contributed by atoms with van der Waals surface area (Å²) in [4.78, 5) is 34.4. The van der Waals surface area contributed by atoms with Crippen molar-refractivity contribution in [3.63, 3.8) is 0 Å². The number of rotatable bonds is 15. The highest BCUT2D eigenvalue weighted by Crippen LogP contribution is 2.53. The molecule has 0 heterocycles. The lowest BCUT2D eigenvalue weighted by Crippen LogP contribution is -2.61. The van der Waals surface area contributed by atoms with Crippen molar-refractivity contribution in [1.29, 1.82) is 0 Å². The van der Waals surface area contributed by atoms with Crippen molar-refractivity contribution in [3.8, 4) is 0 Å². The van der Waals surface area contributed by atoms with Gasteiger partial charge in [0.15, 0.2) is 0 Å². The fourth-order valence-electron chi connectivity index (χ4n) is 2.21. The number of halogens is 9. The van der Waals surface area contributed by atoms with E-state index in [1.807, 2.05) is 20.8 Å². The Balaban J connectivity index is 4.29. The highest BCUT2D eigenvalue weighted by molar-refractivity contribution is 5.77. The third-order valence-electron chi connectivity index (χ3n) is 4.99. The first kappa shape index (κ1) is 32.8. The zero-order chi connectivity index (χ0) is 27.7. The van der Waals surface area contributed by atoms with E-state index >= 15 is 0 Å². The molecule has 0 spiro atoms. The molecular formula is C20H27F9O6. The van der Waals surface area contributed by atoms with Crippen LogP contribution in [0.3, 0.4) is 0 Å². The highest BCUT2D eigenvalue weighted by atomic mass is 19.4. The van der Waals surface area contributed by atoms with Gasteiger partial charge in [-0.05, 0) is 11.8 Å². The third kappa shape index (κ3) is 10.1. The summed E-state index contributed by atoms with van der Waals surface area (Å²) in [7, 11) is 0. The molecule has 35 heavy (non-hydrogen) atoms. The van der Waals surface area contributed by atoms with E-state index in [2.05, 4.69) is 9.47 Å². The molecule has 0 saturated carbocycles. The van der Waals surface area contributed by atoms with Crippen LogP contribution in [-0.2, 0) is 28.6 Å². The lowest BCUT2D eigenvalue weighted by molar-refractivity contribution is -0.397. The molecule has 0 aliphatic carbocycles. The molecule has 0 radical (unpaired) electrons. The van der Waals surface area contributed by atoms with Gasteiger partial charge >= 0.3 is 41.9 Å². The maximum Gasteiger partial charge on any atom is 0.460 e. The number of carbonyl (C=O) groups excluding carboxylic acids is 3. The Morgan fingerprint density at radius 2 is 1.00 bits per heavy atom. The molecule has 0 aromatic rings. The summed E-state index contributed by atoms with van der Waals surface area (Å²) in [6, 6.07) is 0. The molecule has 15 heteroatoms. The predicted molar refractivity (Wildman–Crippen MR) is 101 cm³/mol. The number of carbonyl (C=O) groups is 3. The van der Waals surface area contributed by atoms with Gasteiger partial charge in [0.05, 0.1) is 25.9 Å². The van der Waals surface area contributed by atoms with E-state index in [0.717, 1.165) is 6.42 Å². The zero-order valence-electron chi connectivity index (χ0n) is 19.2. The van der Waals surface area contributed by atoms with Gasteiger partial charge in [-0.3, -0.25) is 14.4 Å². The fraction of sp³-hybridized carbons (Fsp3) is 0.850. The molecule has 0 bridgehead atoms. The van der Waals surface area contributed by atoms with E-state index in [0.29, 0.717) is 6.42 Å². The van der Waals surface area contributed by atoms with Gasteiger partial charge in [0.2, 0.25) is 0 Å². The SMILES string of the molecule is CCC(C)(C)CCC(=O)OCCOC(=O)CCC(=O)OCCC(F)(F)C(F)(F)C(F)(F)C(F)(F)F. The molecule has 6 nitrogen and oxygen atoms in total. The second-order valence-electron chi connectivity index (χ2n) is 8.28. The first-order chi connectivity index (χ1) is 15.7. The van der Waals surface area contributed by atoms with Crippen LogP contribution in [0, 0.1) is 5.41 Å². The van der Waals surface area contributed by atoms with Crippen molar-refractivity contribution >= 4 is 17.9 Å². The molecule has 0 rings (SSSR count). The molecule has 0 aromatic carbocycles. The largest absolute Gasteiger partial charge is 0.465 e. The molecule has 0 fully saturated rings. The topological polar surface area (TPSA) is 78.9 Å². The Morgan fingerprint density at radius 3 is 1.40 bits per heavy atom. The number of esters is 3. The molecule has 0 saturated heterocycles. The average molecular weight is 534 g/mol. The van der Waals surface area contributed by atoms with E-state index in [1.54, 1.807) is 0 Å². The van der Waals surface area contributed by atoms with Crippen LogP contribution < -0.4 is 0 Å². The van der Waals surface area contributed by atoms with E-state index in [-0.39, 0.29) is 25.0 Å². The molecule has 0 aliphatic rings. The van der Waals surface area contributed by atoms with Crippen molar-refractivity contribution in [2.75, 3.05) is 19.8 Å². The van der Waals surface area contributed by atoms with Crippen LogP contribution in [0.2, 0.25) is 0 Å². The quantitative estimate of drug-likeness (QED) is 0.120. The lowest BCUT2D eigenvalue weighted by atomic mass is 9.85. The predicted octanol–water partition coefficient (Wildman–Crippen LogP) is 5.47. The lowest BCUT2D eigenvalue weighted by Gasteiger charge is -2.33. The maximum absolute atomic E-state index is 13.3. The van der Waals surface area contributed by atoms with Crippen molar-refractivity contribution in [2.45, 2.75) is 83.2 Å². The number of ether oxygens (including phenoxy) is 3. The van der Waals surface area contributed by atoms with E-state index < -0.39 is 67.7 Å². The number of hydrogen-bond acceptors (Lipinski definition) is 6. The van der Waals surface area contributed by atoms with Crippen LogP contribution in [0.5, 0.6) is 0 Å². The van der Waals surface area contributed by atoms with Gasteiger partial charge in [0.1, 0.15) is 13.2 Å². The Labute approximate surface area is 195 Å². The summed E-state index contributed by atoms with van der Waals surface area (Å²) in [6.45, 7) is 3.67. The standard InChI is InChI=1S/C20H27F9O6/c1-4-16(2,3)8-7-15(32)35-12-11-34-14(31)6-5-13(30)33-10-9-17(21,22)18(23,24)19(25,26)20(27,28)29/h4-12H2,1-3H3. The molecule has 0 unspecified atom stereocenters. The summed E-state index contributed by atoms with van der Waals surface area (Å²) < 4.78 is 128. The maximum atomic E-state index is 13.3. The van der Waals surface area contributed by atoms with Crippen molar-refractivity contribution < 1.29 is 68.1 Å². The summed E-state index contributed by atoms with van der Waals surface area (Å²) in [6.07, 6.45) is -9.13. The van der Waals surface area contributed by atoms with Crippen LogP contribution in [0.1, 0.15) is 59.3 Å². The Hall–Kier alpha value is -2.22. The Kier molecular flexibility index (Phi) is 11.9. The molecule has 0 amide bonds. The second-order valence-corrected chi connectivity index (χ2v) is 8.28. The summed E-state index contributed by atoms with van der Waals surface area (Å²) in [5.74, 6) is -22.6. The number of alkyl halides is 9. The molecule has 206 valence electrons. The summed E-state index contributed by atoms with van der Waals surface area (Å²) >= 11 is 0. The smallest absolute Gasteiger partial charge is 0.460 e. The first-order valence-corrected chi connectivity index (χ1v) is 10.4. The fourth-order valence-corrected chi connectivity index (χ4v) is 2.21. The molecular weight excluding hydrogens is 507 g/mol.